The van der Waals surface area contributed by atoms with E-state index in [1.165, 1.54) is 27.7 Å². The van der Waals surface area contributed by atoms with Gasteiger partial charge in [0.2, 0.25) is 11.8 Å². The van der Waals surface area contributed by atoms with Crippen LogP contribution in [0.3, 0.4) is 0 Å². The number of nitrogens with two attached hydrogens (primary N) is 1. The number of carbonyl (C=O) groups excluding carboxylic acids is 3. The van der Waals surface area contributed by atoms with E-state index in [2.05, 4.69) is 34.4 Å². The number of nitrogens with zero attached hydrogens (tertiary/aromatic N) is 4. The van der Waals surface area contributed by atoms with Gasteiger partial charge in [0.05, 0.1) is 25.1 Å². The Kier molecular flexibility index (Phi) is 16.1. The van der Waals surface area contributed by atoms with E-state index in [1.807, 2.05) is 0 Å². The Bertz CT molecular complexity index is 1820. The molecule has 312 valence electrons. The summed E-state index contributed by atoms with van der Waals surface area (Å²) in [5.74, 6) is -1.27. The fourth-order valence-corrected chi connectivity index (χ4v) is 8.42. The Hall–Kier alpha value is -2.48. The monoisotopic (exact) mass is 867 g/mol. The second-order valence-corrected chi connectivity index (χ2v) is 18.7. The van der Waals surface area contributed by atoms with Crippen LogP contribution in [0.5, 0.6) is 0 Å². The van der Waals surface area contributed by atoms with Crippen molar-refractivity contribution in [3.63, 3.8) is 0 Å². The Balaban J connectivity index is 1.50. The highest BCUT2D eigenvalue weighted by molar-refractivity contribution is 8.13. The van der Waals surface area contributed by atoms with E-state index in [9.17, 15) is 63.0 Å². The molecule has 11 N–H and O–H groups in total. The number of aliphatic hydroxyl groups excluding tert-OH is 2. The molecule has 1 aliphatic rings. The van der Waals surface area contributed by atoms with Crippen LogP contribution in [-0.4, -0.2) is 133 Å². The number of hydrogen-bond acceptors (Lipinski definition) is 19. The summed E-state index contributed by atoms with van der Waals surface area (Å²) in [6, 6.07) is 0. The van der Waals surface area contributed by atoms with Crippen LogP contribution in [0.1, 0.15) is 46.8 Å². The van der Waals surface area contributed by atoms with Crippen molar-refractivity contribution in [1.29, 1.82) is 0 Å². The molecule has 1 fully saturated rings. The van der Waals surface area contributed by atoms with Gasteiger partial charge in [0, 0.05) is 37.1 Å². The van der Waals surface area contributed by atoms with Crippen molar-refractivity contribution < 1.29 is 85.6 Å². The number of aromatic nitrogens is 4. The zero-order valence-corrected chi connectivity index (χ0v) is 33.2. The van der Waals surface area contributed by atoms with E-state index in [0.29, 0.717) is 0 Å². The first-order chi connectivity index (χ1) is 25.2. The van der Waals surface area contributed by atoms with Gasteiger partial charge >= 0.3 is 23.5 Å². The van der Waals surface area contributed by atoms with Gasteiger partial charge in [-0.2, -0.15) is 4.31 Å². The van der Waals surface area contributed by atoms with Crippen molar-refractivity contribution in [2.45, 2.75) is 76.8 Å². The molecule has 7 unspecified atom stereocenters. The van der Waals surface area contributed by atoms with E-state index < -0.39 is 90.2 Å². The summed E-state index contributed by atoms with van der Waals surface area (Å²) in [7, 11) is -16.4. The second kappa shape index (κ2) is 18.9. The summed E-state index contributed by atoms with van der Waals surface area (Å²) >= 11 is 0.937. The van der Waals surface area contributed by atoms with E-state index >= 15 is 0 Å². The van der Waals surface area contributed by atoms with Gasteiger partial charge in [-0.1, -0.05) is 25.6 Å². The molecule has 0 radical (unpaired) electrons. The number of amides is 2. The number of aliphatic hydroxyl groups is 3. The molecule has 3 rings (SSSR count). The number of thioether (sulfide) groups is 1. The van der Waals surface area contributed by atoms with Crippen LogP contribution in [0.15, 0.2) is 12.7 Å². The molecular weight excluding hydrogens is 823 g/mol. The lowest BCUT2D eigenvalue weighted by atomic mass is 9.87. The summed E-state index contributed by atoms with van der Waals surface area (Å²) in [6.45, 7) is 3.33. The number of fused-ring (bicyclic) bond motifs is 1. The molecular formula is C26H44N7O18P3S. The van der Waals surface area contributed by atoms with Gasteiger partial charge in [-0.3, -0.25) is 32.5 Å². The molecule has 2 aromatic rings. The van der Waals surface area contributed by atoms with Crippen LogP contribution >= 0.6 is 35.2 Å². The zero-order chi connectivity index (χ0) is 41.6. The first kappa shape index (κ1) is 46.9. The lowest BCUT2D eigenvalue weighted by Gasteiger charge is -2.30. The normalized spacial score (nSPS) is 22.2. The third-order valence-corrected chi connectivity index (χ3v) is 11.3. The largest absolute Gasteiger partial charge is 0.481 e. The highest BCUT2D eigenvalue weighted by Crippen LogP contribution is 2.61. The zero-order valence-electron chi connectivity index (χ0n) is 29.7. The quantitative estimate of drug-likeness (QED) is 0.0522. The lowest BCUT2D eigenvalue weighted by Crippen LogP contribution is -2.46. The van der Waals surface area contributed by atoms with E-state index in [-0.39, 0.29) is 53.8 Å². The number of carbonyl (C=O) groups is 3. The van der Waals surface area contributed by atoms with Crippen LogP contribution in [0, 0.1) is 5.41 Å². The van der Waals surface area contributed by atoms with Gasteiger partial charge in [0.25, 0.3) is 0 Å². The van der Waals surface area contributed by atoms with Gasteiger partial charge in [0.1, 0.15) is 36.3 Å². The molecule has 1 saturated heterocycles. The molecule has 0 aliphatic carbocycles. The van der Waals surface area contributed by atoms with Crippen LogP contribution in [0.25, 0.3) is 11.2 Å². The summed E-state index contributed by atoms with van der Waals surface area (Å²) in [5.41, 5.74) is 3.08. The first-order valence-electron chi connectivity index (χ1n) is 16.0. The third-order valence-electron chi connectivity index (χ3n) is 7.34. The van der Waals surface area contributed by atoms with Crippen LogP contribution < -0.4 is 16.4 Å². The number of hydrogen-bond donors (Lipinski definition) is 10. The Labute approximate surface area is 317 Å². The number of phosphoric ester groups is 3. The minimum Gasteiger partial charge on any atom is -0.390 e. The molecule has 7 atom stereocenters. The molecule has 55 heavy (non-hydrogen) atoms. The minimum absolute atomic E-state index is 0.0255. The molecule has 0 aromatic carbocycles. The molecule has 0 spiro atoms. The van der Waals surface area contributed by atoms with E-state index in [0.717, 1.165) is 29.0 Å². The van der Waals surface area contributed by atoms with Crippen LogP contribution in [0.4, 0.5) is 5.82 Å². The van der Waals surface area contributed by atoms with Crippen molar-refractivity contribution in [1.82, 2.24) is 30.2 Å². The van der Waals surface area contributed by atoms with Gasteiger partial charge in [-0.25, -0.2) is 28.6 Å². The lowest BCUT2D eigenvalue weighted by molar-refractivity contribution is -0.137. The summed E-state index contributed by atoms with van der Waals surface area (Å²) in [4.78, 5) is 87.2. The number of phosphoric acid groups is 3. The van der Waals surface area contributed by atoms with E-state index in [1.54, 1.807) is 0 Å². The fraction of sp³-hybridized carbons (Fsp3) is 0.692. The number of nitrogen functional groups attached to an aromatic ring is 1. The van der Waals surface area contributed by atoms with Crippen molar-refractivity contribution in [3.8, 4) is 0 Å². The Morgan fingerprint density at radius 3 is 2.33 bits per heavy atom. The Morgan fingerprint density at radius 2 is 1.69 bits per heavy atom. The predicted octanol–water partition coefficient (Wildman–Crippen LogP) is -1.17. The van der Waals surface area contributed by atoms with Crippen molar-refractivity contribution >= 4 is 69.1 Å². The van der Waals surface area contributed by atoms with Gasteiger partial charge < -0.3 is 56.0 Å². The average molecular weight is 868 g/mol. The van der Waals surface area contributed by atoms with Crippen molar-refractivity contribution in [3.05, 3.63) is 12.7 Å². The van der Waals surface area contributed by atoms with Crippen molar-refractivity contribution in [2.75, 3.05) is 37.8 Å². The van der Waals surface area contributed by atoms with Crippen LogP contribution in [0.2, 0.25) is 0 Å². The number of nitrogens with one attached hydrogen (secondary N) is 2. The highest BCUT2D eigenvalue weighted by Gasteiger charge is 2.50. The molecule has 3 heterocycles. The molecule has 2 amide bonds. The summed E-state index contributed by atoms with van der Waals surface area (Å²) in [5, 5.41) is 35.7. The highest BCUT2D eigenvalue weighted by atomic mass is 32.2. The summed E-state index contributed by atoms with van der Waals surface area (Å²) < 4.78 is 62.0. The third kappa shape index (κ3) is 14.8. The van der Waals surface area contributed by atoms with Gasteiger partial charge in [0.15, 0.2) is 22.8 Å². The summed E-state index contributed by atoms with van der Waals surface area (Å²) in [6.07, 6.45) is -7.06. The molecule has 1 aliphatic heterocycles. The molecule has 25 nitrogen and oxygen atoms in total. The topological polar surface area (TPSA) is 384 Å². The fourth-order valence-electron chi connectivity index (χ4n) is 4.70. The number of imidazole rings is 1. The van der Waals surface area contributed by atoms with Gasteiger partial charge in [-0.15, -0.1) is 0 Å². The van der Waals surface area contributed by atoms with Gasteiger partial charge in [-0.05, 0) is 13.8 Å². The maximum Gasteiger partial charge on any atom is 0.481 e. The predicted molar refractivity (Wildman–Crippen MR) is 188 cm³/mol. The molecule has 0 saturated carbocycles. The number of rotatable bonds is 21. The second-order valence-electron chi connectivity index (χ2n) is 13.3. The maximum absolute atomic E-state index is 12.7. The molecule has 29 heteroatoms. The number of anilines is 1. The standard InChI is InChI=1S/C26H44N7O18P3S/c1-25(2,20(37)23(38)29-6-5-15(34)28-7-8-55-16(35)9-26(3,4)39)11-48-54(45,46)51-53(43,44)47-10-14-19(50-52(40,41)42)18(36)24(49-14)33-13-32-17-21(27)30-12-31-22(17)33/h12-14,18-20,24,36-37,39H,5-11H2,1-4H3,(H,28,34)(H,29,38)(H,43,44)(H,45,46)(H2,27,30,31)(H2,40,41,42). The molecule has 2 aromatic heterocycles. The first-order valence-corrected chi connectivity index (χ1v) is 21.5. The van der Waals surface area contributed by atoms with Crippen LogP contribution in [-0.2, 0) is 50.7 Å². The molecule has 0 bridgehead atoms. The average Bonchev–Trinajstić information content (AvgIpc) is 3.60. The van der Waals surface area contributed by atoms with Crippen molar-refractivity contribution in [2.24, 2.45) is 5.41 Å². The number of ether oxygens (including phenoxy) is 1. The Morgan fingerprint density at radius 1 is 1.04 bits per heavy atom. The smallest absolute Gasteiger partial charge is 0.390 e. The minimum atomic E-state index is -5.58. The SMILES string of the molecule is CC(C)(O)CC(=O)SCCNC(=O)CCNC(=O)C(O)C(C)(C)COP(=O)(O)OP(=O)(O)OCC1OC(n2cnc3c(N)ncnc32)C(O)C1OP(=O)(O)O. The van der Waals surface area contributed by atoms with E-state index in [4.69, 9.17) is 19.5 Å². The maximum atomic E-state index is 12.7.